The van der Waals surface area contributed by atoms with Gasteiger partial charge in [-0.2, -0.15) is 5.10 Å². The highest BCUT2D eigenvalue weighted by Crippen LogP contribution is 2.24. The number of hydrogen-bond donors (Lipinski definition) is 1. The smallest absolute Gasteiger partial charge is 0.356 e. The Morgan fingerprint density at radius 1 is 1.27 bits per heavy atom. The largest absolute Gasteiger partial charge is 0.476 e. The van der Waals surface area contributed by atoms with E-state index in [1.165, 1.54) is 29.7 Å². The maximum absolute atomic E-state index is 12.1. The second kappa shape index (κ2) is 7.72. The number of carbonyl (C=O) groups is 2. The molecule has 0 aliphatic rings. The predicted octanol–water partition coefficient (Wildman–Crippen LogP) is 3.29. The number of benzene rings is 1. The number of halogens is 2. The van der Waals surface area contributed by atoms with Gasteiger partial charge in [0.05, 0.1) is 23.9 Å². The van der Waals surface area contributed by atoms with Gasteiger partial charge in [0.25, 0.3) is 0 Å². The summed E-state index contributed by atoms with van der Waals surface area (Å²) < 4.78 is 1.23. The predicted molar refractivity (Wildman–Crippen MR) is 101 cm³/mol. The fourth-order valence-corrected chi connectivity index (χ4v) is 2.81. The van der Waals surface area contributed by atoms with Crippen LogP contribution in [0.1, 0.15) is 23.0 Å². The zero-order valence-corrected chi connectivity index (χ0v) is 15.6. The first-order chi connectivity index (χ1) is 11.9. The Labute approximate surface area is 160 Å². The summed E-state index contributed by atoms with van der Waals surface area (Å²) in [6, 6.07) is 9.15. The van der Waals surface area contributed by atoms with Crippen molar-refractivity contribution in [1.29, 1.82) is 0 Å². The summed E-state index contributed by atoms with van der Waals surface area (Å²) in [5.74, 6) is -1.43. The number of aromatic nitrogens is 3. The number of carboxylic acids is 1. The van der Waals surface area contributed by atoms with E-state index in [4.69, 9.17) is 11.6 Å². The summed E-state index contributed by atoms with van der Waals surface area (Å²) in [6.07, 6.45) is 1.38. The molecule has 0 atom stereocenters. The molecule has 0 saturated heterocycles. The molecule has 7 nitrogen and oxygen atoms in total. The molecule has 9 heteroatoms. The van der Waals surface area contributed by atoms with Gasteiger partial charge in [-0.05, 0) is 23.8 Å². The van der Waals surface area contributed by atoms with Gasteiger partial charge in [-0.3, -0.25) is 9.48 Å². The van der Waals surface area contributed by atoms with E-state index >= 15 is 0 Å². The first-order valence-corrected chi connectivity index (χ1v) is 7.83. The van der Waals surface area contributed by atoms with Crippen LogP contribution in [0, 0.1) is 0 Å². The lowest BCUT2D eigenvalue weighted by molar-refractivity contribution is -0.116. The lowest BCUT2D eigenvalue weighted by atomic mass is 10.1. The van der Waals surface area contributed by atoms with Crippen LogP contribution < -0.4 is 4.90 Å². The van der Waals surface area contributed by atoms with Crippen LogP contribution in [0.25, 0.3) is 10.9 Å². The third-order valence-corrected chi connectivity index (χ3v) is 4.07. The third kappa shape index (κ3) is 3.79. The number of hydrogen-bond acceptors (Lipinski definition) is 4. The van der Waals surface area contributed by atoms with Crippen molar-refractivity contribution in [2.24, 2.45) is 7.05 Å². The molecule has 26 heavy (non-hydrogen) atoms. The van der Waals surface area contributed by atoms with Crippen molar-refractivity contribution < 1.29 is 14.7 Å². The number of fused-ring (bicyclic) bond motifs is 1. The molecule has 2 aromatic heterocycles. The molecule has 0 spiro atoms. The quantitative estimate of drug-likeness (QED) is 0.685. The number of rotatable bonds is 4. The van der Waals surface area contributed by atoms with E-state index in [2.05, 4.69) is 10.1 Å². The molecule has 2 heterocycles. The van der Waals surface area contributed by atoms with E-state index in [0.717, 1.165) is 10.9 Å². The molecule has 3 aromatic rings. The molecule has 0 radical (unpaired) electrons. The summed E-state index contributed by atoms with van der Waals surface area (Å²) in [4.78, 5) is 29.2. The van der Waals surface area contributed by atoms with Crippen LogP contribution in [0.2, 0.25) is 5.15 Å². The Hall–Kier alpha value is -2.64. The summed E-state index contributed by atoms with van der Waals surface area (Å²) in [5.41, 5.74) is 1.72. The molecule has 3 rings (SSSR count). The molecule has 0 unspecified atom stereocenters. The molecule has 136 valence electrons. The van der Waals surface area contributed by atoms with Crippen LogP contribution in [-0.4, -0.2) is 31.7 Å². The van der Waals surface area contributed by atoms with Crippen molar-refractivity contribution in [3.05, 3.63) is 52.9 Å². The van der Waals surface area contributed by atoms with Gasteiger partial charge in [0.2, 0.25) is 5.91 Å². The summed E-state index contributed by atoms with van der Waals surface area (Å²) >= 11 is 5.93. The van der Waals surface area contributed by atoms with Crippen LogP contribution in [0.4, 0.5) is 5.69 Å². The van der Waals surface area contributed by atoms with Gasteiger partial charge in [-0.25, -0.2) is 9.78 Å². The zero-order valence-electron chi connectivity index (χ0n) is 14.0. The summed E-state index contributed by atoms with van der Waals surface area (Å²) in [5, 5.41) is 14.6. The number of carbonyl (C=O) groups excluding carboxylic acids is 1. The molecule has 0 bridgehead atoms. The van der Waals surface area contributed by atoms with E-state index in [9.17, 15) is 14.7 Å². The topological polar surface area (TPSA) is 88.3 Å². The molecule has 0 saturated carbocycles. The Bertz CT molecular complexity index is 987. The minimum absolute atomic E-state index is 0. The zero-order chi connectivity index (χ0) is 18.1. The molecule has 0 aliphatic heterocycles. The number of nitrogens with zero attached hydrogens (tertiary/aromatic N) is 4. The Morgan fingerprint density at radius 3 is 2.62 bits per heavy atom. The van der Waals surface area contributed by atoms with Gasteiger partial charge in [0.15, 0.2) is 5.69 Å². The number of aromatic carboxylic acids is 1. The van der Waals surface area contributed by atoms with Gasteiger partial charge in [-0.1, -0.05) is 23.7 Å². The van der Waals surface area contributed by atoms with Crippen molar-refractivity contribution in [1.82, 2.24) is 14.8 Å². The lowest BCUT2D eigenvalue weighted by Crippen LogP contribution is -2.29. The fourth-order valence-electron chi connectivity index (χ4n) is 2.66. The standard InChI is InChI=1S/C17H15ClN4O3.ClH/c1-10(23)22(14-8-19-21(2)16(14)17(24)25)9-11-3-4-12-5-6-15(18)20-13(12)7-11;/h3-8H,9H2,1-2H3,(H,24,25);1H. The van der Waals surface area contributed by atoms with Crippen LogP contribution in [0.3, 0.4) is 0 Å². The average molecular weight is 395 g/mol. The SMILES string of the molecule is CC(=O)N(Cc1ccc2ccc(Cl)nc2c1)c1cnn(C)c1C(=O)O.Cl. The molecule has 1 N–H and O–H groups in total. The minimum Gasteiger partial charge on any atom is -0.476 e. The number of carboxylic acid groups (broad SMARTS) is 1. The third-order valence-electron chi connectivity index (χ3n) is 3.86. The minimum atomic E-state index is -1.15. The van der Waals surface area contributed by atoms with Crippen LogP contribution in [0.5, 0.6) is 0 Å². The normalized spacial score (nSPS) is 10.4. The van der Waals surface area contributed by atoms with E-state index in [1.807, 2.05) is 24.3 Å². The number of aryl methyl sites for hydroxylation is 1. The van der Waals surface area contributed by atoms with Crippen LogP contribution >= 0.6 is 24.0 Å². The highest BCUT2D eigenvalue weighted by Gasteiger charge is 2.23. The molecule has 0 fully saturated rings. The Kier molecular flexibility index (Phi) is 5.84. The molecular formula is C17H16Cl2N4O3. The van der Waals surface area contributed by atoms with E-state index in [0.29, 0.717) is 10.7 Å². The second-order valence-electron chi connectivity index (χ2n) is 5.57. The van der Waals surface area contributed by atoms with Gasteiger partial charge < -0.3 is 10.0 Å². The van der Waals surface area contributed by atoms with Crippen molar-refractivity contribution in [2.45, 2.75) is 13.5 Å². The fraction of sp³-hybridized carbons (Fsp3) is 0.176. The highest BCUT2D eigenvalue weighted by atomic mass is 35.5. The average Bonchev–Trinajstić information content (AvgIpc) is 2.93. The van der Waals surface area contributed by atoms with Crippen LogP contribution in [-0.2, 0) is 18.4 Å². The highest BCUT2D eigenvalue weighted by molar-refractivity contribution is 6.29. The first kappa shape index (κ1) is 19.7. The maximum Gasteiger partial charge on any atom is 0.356 e. The second-order valence-corrected chi connectivity index (χ2v) is 5.96. The van der Waals surface area contributed by atoms with Gasteiger partial charge in [-0.15, -0.1) is 12.4 Å². The molecule has 1 amide bonds. The van der Waals surface area contributed by atoms with Gasteiger partial charge in [0, 0.05) is 19.4 Å². The van der Waals surface area contributed by atoms with Crippen molar-refractivity contribution in [3.63, 3.8) is 0 Å². The van der Waals surface area contributed by atoms with Gasteiger partial charge in [0.1, 0.15) is 5.15 Å². The summed E-state index contributed by atoms with van der Waals surface area (Å²) in [6.45, 7) is 1.58. The monoisotopic (exact) mass is 394 g/mol. The van der Waals surface area contributed by atoms with Crippen molar-refractivity contribution in [3.8, 4) is 0 Å². The van der Waals surface area contributed by atoms with Gasteiger partial charge >= 0.3 is 5.97 Å². The summed E-state index contributed by atoms with van der Waals surface area (Å²) in [7, 11) is 1.52. The first-order valence-electron chi connectivity index (χ1n) is 7.45. The molecule has 1 aromatic carbocycles. The maximum atomic E-state index is 12.1. The molecule has 0 aliphatic carbocycles. The van der Waals surface area contributed by atoms with E-state index < -0.39 is 5.97 Å². The molecular weight excluding hydrogens is 379 g/mol. The Morgan fingerprint density at radius 2 is 1.96 bits per heavy atom. The van der Waals surface area contributed by atoms with Crippen LogP contribution in [0.15, 0.2) is 36.5 Å². The van der Waals surface area contributed by atoms with E-state index in [1.54, 1.807) is 6.07 Å². The number of anilines is 1. The van der Waals surface area contributed by atoms with Crippen molar-refractivity contribution >= 4 is 52.5 Å². The number of pyridine rings is 1. The number of amides is 1. The van der Waals surface area contributed by atoms with E-state index in [-0.39, 0.29) is 36.2 Å². The lowest BCUT2D eigenvalue weighted by Gasteiger charge is -2.20. The Balaban J connectivity index is 0.00000243. The van der Waals surface area contributed by atoms with Crippen molar-refractivity contribution in [2.75, 3.05) is 4.90 Å².